The molecule has 4 heteroatoms. The van der Waals surface area contributed by atoms with Crippen LogP contribution in [-0.2, 0) is 16.0 Å². The molecular weight excluding hydrogens is 206 g/mol. The maximum Gasteiger partial charge on any atom is 0.337 e. The minimum Gasteiger partial charge on any atom is -0.465 e. The second-order valence-corrected chi connectivity index (χ2v) is 3.42. The van der Waals surface area contributed by atoms with Gasteiger partial charge in [0, 0.05) is 13.5 Å². The average molecular weight is 221 g/mol. The van der Waals surface area contributed by atoms with Crippen LogP contribution in [0.25, 0.3) is 0 Å². The van der Waals surface area contributed by atoms with E-state index in [0.29, 0.717) is 18.5 Å². The summed E-state index contributed by atoms with van der Waals surface area (Å²) in [5.74, 6) is -0.398. The number of carbonyl (C=O) groups is 2. The Labute approximate surface area is 94.6 Å². The Bertz CT molecular complexity index is 388. The van der Waals surface area contributed by atoms with Crippen LogP contribution in [0, 0.1) is 0 Å². The number of benzene rings is 1. The van der Waals surface area contributed by atoms with E-state index in [4.69, 9.17) is 0 Å². The number of ether oxygens (including phenoxy) is 1. The van der Waals surface area contributed by atoms with E-state index in [0.717, 1.165) is 5.56 Å². The summed E-state index contributed by atoms with van der Waals surface area (Å²) in [5.41, 5.74) is 1.53. The highest BCUT2D eigenvalue weighted by molar-refractivity contribution is 5.89. The maximum absolute atomic E-state index is 11.3. The zero-order valence-electron chi connectivity index (χ0n) is 9.45. The first-order valence-corrected chi connectivity index (χ1v) is 5.05. The Kier molecular flexibility index (Phi) is 4.51. The van der Waals surface area contributed by atoms with Gasteiger partial charge in [0.15, 0.2) is 0 Å². The van der Waals surface area contributed by atoms with Crippen molar-refractivity contribution in [3.05, 3.63) is 35.4 Å². The number of esters is 1. The summed E-state index contributed by atoms with van der Waals surface area (Å²) in [5, 5.41) is 2.70. The van der Waals surface area contributed by atoms with Crippen molar-refractivity contribution in [3.8, 4) is 0 Å². The SMILES string of the molecule is COC(=O)c1cccc(CCNC(C)=O)c1. The number of hydrogen-bond donors (Lipinski definition) is 1. The molecule has 0 bridgehead atoms. The topological polar surface area (TPSA) is 55.4 Å². The average Bonchev–Trinajstić information content (AvgIpc) is 2.28. The molecule has 1 aromatic rings. The third kappa shape index (κ3) is 3.73. The van der Waals surface area contributed by atoms with Crippen LogP contribution in [0.3, 0.4) is 0 Å². The van der Waals surface area contributed by atoms with Crippen LogP contribution >= 0.6 is 0 Å². The maximum atomic E-state index is 11.3. The molecule has 0 radical (unpaired) electrons. The Balaban J connectivity index is 2.60. The van der Waals surface area contributed by atoms with Gasteiger partial charge in [-0.15, -0.1) is 0 Å². The first-order chi connectivity index (χ1) is 7.63. The molecule has 86 valence electrons. The van der Waals surface area contributed by atoms with Crippen molar-refractivity contribution >= 4 is 11.9 Å². The van der Waals surface area contributed by atoms with Gasteiger partial charge in [0.05, 0.1) is 12.7 Å². The summed E-state index contributed by atoms with van der Waals surface area (Å²) in [6.07, 6.45) is 0.699. The van der Waals surface area contributed by atoms with E-state index >= 15 is 0 Å². The second-order valence-electron chi connectivity index (χ2n) is 3.42. The van der Waals surface area contributed by atoms with Crippen LogP contribution in [0.2, 0.25) is 0 Å². The Hall–Kier alpha value is -1.84. The molecule has 0 heterocycles. The summed E-state index contributed by atoms with van der Waals surface area (Å²) >= 11 is 0. The van der Waals surface area contributed by atoms with Gasteiger partial charge in [-0.3, -0.25) is 4.79 Å². The predicted molar refractivity (Wildman–Crippen MR) is 60.2 cm³/mol. The number of hydrogen-bond acceptors (Lipinski definition) is 3. The molecule has 0 fully saturated rings. The van der Waals surface area contributed by atoms with Gasteiger partial charge in [-0.1, -0.05) is 12.1 Å². The van der Waals surface area contributed by atoms with Crippen molar-refractivity contribution in [2.75, 3.05) is 13.7 Å². The zero-order chi connectivity index (χ0) is 12.0. The molecule has 0 spiro atoms. The summed E-state index contributed by atoms with van der Waals surface area (Å²) in [6.45, 7) is 2.05. The fourth-order valence-corrected chi connectivity index (χ4v) is 1.35. The Morgan fingerprint density at radius 3 is 2.75 bits per heavy atom. The molecule has 0 atom stereocenters. The van der Waals surface area contributed by atoms with E-state index in [9.17, 15) is 9.59 Å². The van der Waals surface area contributed by atoms with Crippen molar-refractivity contribution in [1.82, 2.24) is 5.32 Å². The second kappa shape index (κ2) is 5.90. The van der Waals surface area contributed by atoms with E-state index in [1.807, 2.05) is 6.07 Å². The van der Waals surface area contributed by atoms with Crippen molar-refractivity contribution in [2.24, 2.45) is 0 Å². The van der Waals surface area contributed by atoms with Crippen molar-refractivity contribution in [2.45, 2.75) is 13.3 Å². The fraction of sp³-hybridized carbons (Fsp3) is 0.333. The van der Waals surface area contributed by atoms with Crippen molar-refractivity contribution in [3.63, 3.8) is 0 Å². The van der Waals surface area contributed by atoms with Gasteiger partial charge in [0.25, 0.3) is 0 Å². The van der Waals surface area contributed by atoms with Crippen molar-refractivity contribution in [1.29, 1.82) is 0 Å². The van der Waals surface area contributed by atoms with Crippen LogP contribution in [0.15, 0.2) is 24.3 Å². The van der Waals surface area contributed by atoms with E-state index in [1.165, 1.54) is 14.0 Å². The van der Waals surface area contributed by atoms with Crippen LogP contribution in [-0.4, -0.2) is 25.5 Å². The van der Waals surface area contributed by atoms with Gasteiger partial charge in [0.1, 0.15) is 0 Å². The smallest absolute Gasteiger partial charge is 0.337 e. The van der Waals surface area contributed by atoms with Gasteiger partial charge < -0.3 is 10.1 Å². The molecule has 1 aromatic carbocycles. The normalized spacial score (nSPS) is 9.62. The van der Waals surface area contributed by atoms with E-state index < -0.39 is 0 Å². The third-order valence-electron chi connectivity index (χ3n) is 2.14. The highest BCUT2D eigenvalue weighted by atomic mass is 16.5. The van der Waals surface area contributed by atoms with E-state index in [-0.39, 0.29) is 11.9 Å². The molecule has 0 saturated heterocycles. The van der Waals surface area contributed by atoms with Crippen LogP contribution in [0.1, 0.15) is 22.8 Å². The minimum atomic E-state index is -0.346. The molecule has 16 heavy (non-hydrogen) atoms. The molecule has 4 nitrogen and oxygen atoms in total. The van der Waals surface area contributed by atoms with E-state index in [2.05, 4.69) is 10.1 Å². The van der Waals surface area contributed by atoms with Gasteiger partial charge in [0.2, 0.25) is 5.91 Å². The van der Waals surface area contributed by atoms with Crippen LogP contribution < -0.4 is 5.32 Å². The van der Waals surface area contributed by atoms with Gasteiger partial charge >= 0.3 is 5.97 Å². The molecular formula is C12H15NO3. The standard InChI is InChI=1S/C12H15NO3/c1-9(14)13-7-6-10-4-3-5-11(8-10)12(15)16-2/h3-5,8H,6-7H2,1-2H3,(H,13,14). The fourth-order valence-electron chi connectivity index (χ4n) is 1.35. The molecule has 1 amide bonds. The minimum absolute atomic E-state index is 0.0517. The summed E-state index contributed by atoms with van der Waals surface area (Å²) in [6, 6.07) is 7.19. The lowest BCUT2D eigenvalue weighted by atomic mass is 10.1. The monoisotopic (exact) mass is 221 g/mol. The van der Waals surface area contributed by atoms with Gasteiger partial charge in [-0.05, 0) is 24.1 Å². The first kappa shape index (κ1) is 12.2. The molecule has 0 aliphatic heterocycles. The third-order valence-corrected chi connectivity index (χ3v) is 2.14. The predicted octanol–water partition coefficient (Wildman–Crippen LogP) is 1.15. The Morgan fingerprint density at radius 2 is 2.12 bits per heavy atom. The molecule has 0 saturated carbocycles. The largest absolute Gasteiger partial charge is 0.465 e. The van der Waals surface area contributed by atoms with Crippen LogP contribution in [0.4, 0.5) is 0 Å². The zero-order valence-corrected chi connectivity index (χ0v) is 9.45. The molecule has 1 N–H and O–H groups in total. The highest BCUT2D eigenvalue weighted by Crippen LogP contribution is 2.06. The number of nitrogens with one attached hydrogen (secondary N) is 1. The quantitative estimate of drug-likeness (QED) is 0.776. The molecule has 0 aliphatic carbocycles. The lowest BCUT2D eigenvalue weighted by molar-refractivity contribution is -0.118. The number of amides is 1. The van der Waals surface area contributed by atoms with Crippen molar-refractivity contribution < 1.29 is 14.3 Å². The lowest BCUT2D eigenvalue weighted by Gasteiger charge is -2.04. The van der Waals surface area contributed by atoms with Gasteiger partial charge in [-0.25, -0.2) is 4.79 Å². The molecule has 0 aromatic heterocycles. The lowest BCUT2D eigenvalue weighted by Crippen LogP contribution is -2.22. The van der Waals surface area contributed by atoms with E-state index in [1.54, 1.807) is 18.2 Å². The summed E-state index contributed by atoms with van der Waals surface area (Å²) in [4.78, 5) is 21.9. The van der Waals surface area contributed by atoms with Gasteiger partial charge in [-0.2, -0.15) is 0 Å². The number of methoxy groups -OCH3 is 1. The molecule has 1 rings (SSSR count). The Morgan fingerprint density at radius 1 is 1.38 bits per heavy atom. The molecule has 0 aliphatic rings. The number of carbonyl (C=O) groups excluding carboxylic acids is 2. The first-order valence-electron chi connectivity index (χ1n) is 5.05. The summed E-state index contributed by atoms with van der Waals surface area (Å²) in [7, 11) is 1.35. The highest BCUT2D eigenvalue weighted by Gasteiger charge is 2.05. The number of rotatable bonds is 4. The van der Waals surface area contributed by atoms with Crippen LogP contribution in [0.5, 0.6) is 0 Å². The molecule has 0 unspecified atom stereocenters. The summed E-state index contributed by atoms with van der Waals surface area (Å²) < 4.78 is 4.63.